The monoisotopic (exact) mass is 267 g/mol. The second-order valence-corrected chi connectivity index (χ2v) is 4.55. The molecule has 108 valence electrons. The Labute approximate surface area is 115 Å². The molecular weight excluding hydrogens is 242 g/mol. The number of methoxy groups -OCH3 is 2. The fourth-order valence-electron chi connectivity index (χ4n) is 1.94. The molecule has 1 heterocycles. The first-order valence-corrected chi connectivity index (χ1v) is 6.62. The van der Waals surface area contributed by atoms with Crippen molar-refractivity contribution < 1.29 is 9.47 Å². The molecule has 0 fully saturated rings. The van der Waals surface area contributed by atoms with Gasteiger partial charge in [-0.05, 0) is 26.4 Å². The summed E-state index contributed by atoms with van der Waals surface area (Å²) in [6.45, 7) is 6.03. The molecule has 0 aromatic carbocycles. The molecule has 0 amide bonds. The Morgan fingerprint density at radius 3 is 2.68 bits per heavy atom. The molecule has 0 saturated heterocycles. The van der Waals surface area contributed by atoms with Gasteiger partial charge in [-0.15, -0.1) is 0 Å². The van der Waals surface area contributed by atoms with Crippen LogP contribution in [0.5, 0.6) is 5.75 Å². The van der Waals surface area contributed by atoms with E-state index in [2.05, 4.69) is 9.88 Å². The first-order valence-electron chi connectivity index (χ1n) is 6.62. The highest BCUT2D eigenvalue weighted by Crippen LogP contribution is 2.14. The van der Waals surface area contributed by atoms with Gasteiger partial charge in [-0.25, -0.2) is 0 Å². The maximum Gasteiger partial charge on any atom is 0.122 e. The molecule has 0 spiro atoms. The fourth-order valence-corrected chi connectivity index (χ4v) is 1.94. The van der Waals surface area contributed by atoms with E-state index in [4.69, 9.17) is 15.2 Å². The zero-order valence-electron chi connectivity index (χ0n) is 12.2. The highest BCUT2D eigenvalue weighted by molar-refractivity contribution is 5.26. The van der Waals surface area contributed by atoms with Gasteiger partial charge in [-0.1, -0.05) is 0 Å². The van der Waals surface area contributed by atoms with Gasteiger partial charge in [-0.2, -0.15) is 0 Å². The molecule has 0 aliphatic heterocycles. The number of aromatic nitrogens is 1. The lowest BCUT2D eigenvalue weighted by molar-refractivity contribution is 0.142. The van der Waals surface area contributed by atoms with Crippen molar-refractivity contribution in [1.82, 2.24) is 9.88 Å². The summed E-state index contributed by atoms with van der Waals surface area (Å²) in [6, 6.07) is 3.91. The largest absolute Gasteiger partial charge is 0.497 e. The molecule has 0 saturated carbocycles. The predicted octanol–water partition coefficient (Wildman–Crippen LogP) is 1.20. The van der Waals surface area contributed by atoms with Crippen molar-refractivity contribution in [2.45, 2.75) is 19.9 Å². The van der Waals surface area contributed by atoms with Crippen LogP contribution >= 0.6 is 0 Å². The summed E-state index contributed by atoms with van der Waals surface area (Å²) < 4.78 is 10.4. The first-order chi connectivity index (χ1) is 9.19. The molecular formula is C14H25N3O2. The van der Waals surface area contributed by atoms with Crippen LogP contribution in [-0.2, 0) is 11.3 Å². The third-order valence-electron chi connectivity index (χ3n) is 2.89. The van der Waals surface area contributed by atoms with Crippen LogP contribution in [0.1, 0.15) is 17.8 Å². The van der Waals surface area contributed by atoms with E-state index in [0.717, 1.165) is 43.2 Å². The van der Waals surface area contributed by atoms with E-state index >= 15 is 0 Å². The number of pyridine rings is 1. The standard InChI is InChI=1S/C14H25N3O2/c1-12-9-14(19-3)10-13(16-12)11-17(6-4-5-15)7-8-18-2/h9-10H,4-8,11,15H2,1-3H3. The minimum Gasteiger partial charge on any atom is -0.497 e. The Kier molecular flexibility index (Phi) is 7.40. The van der Waals surface area contributed by atoms with Crippen LogP contribution < -0.4 is 10.5 Å². The van der Waals surface area contributed by atoms with E-state index in [1.54, 1.807) is 14.2 Å². The SMILES string of the molecule is COCCN(CCCN)Cc1cc(OC)cc(C)n1. The molecule has 0 aliphatic carbocycles. The Balaban J connectivity index is 2.67. The summed E-state index contributed by atoms with van der Waals surface area (Å²) >= 11 is 0. The molecule has 1 aromatic heterocycles. The van der Waals surface area contributed by atoms with Crippen LogP contribution in [-0.4, -0.2) is 50.3 Å². The second-order valence-electron chi connectivity index (χ2n) is 4.55. The van der Waals surface area contributed by atoms with E-state index in [0.29, 0.717) is 13.2 Å². The summed E-state index contributed by atoms with van der Waals surface area (Å²) in [4.78, 5) is 6.85. The van der Waals surface area contributed by atoms with Crippen molar-refractivity contribution >= 4 is 0 Å². The van der Waals surface area contributed by atoms with Crippen molar-refractivity contribution in [2.75, 3.05) is 40.5 Å². The number of hydrogen-bond donors (Lipinski definition) is 1. The Hall–Kier alpha value is -1.17. The van der Waals surface area contributed by atoms with Gasteiger partial charge in [0.25, 0.3) is 0 Å². The minimum absolute atomic E-state index is 0.702. The molecule has 0 radical (unpaired) electrons. The third kappa shape index (κ3) is 6.00. The zero-order valence-corrected chi connectivity index (χ0v) is 12.2. The van der Waals surface area contributed by atoms with Crippen LogP contribution in [0.15, 0.2) is 12.1 Å². The second kappa shape index (κ2) is 8.85. The summed E-state index contributed by atoms with van der Waals surface area (Å²) in [6.07, 6.45) is 0.979. The maximum atomic E-state index is 5.58. The van der Waals surface area contributed by atoms with Gasteiger partial charge in [0.1, 0.15) is 5.75 Å². The zero-order chi connectivity index (χ0) is 14.1. The number of nitrogens with two attached hydrogens (primary N) is 1. The molecule has 19 heavy (non-hydrogen) atoms. The van der Waals surface area contributed by atoms with Crippen molar-refractivity contribution in [1.29, 1.82) is 0 Å². The third-order valence-corrected chi connectivity index (χ3v) is 2.89. The Morgan fingerprint density at radius 1 is 1.26 bits per heavy atom. The lowest BCUT2D eigenvalue weighted by Gasteiger charge is -2.21. The summed E-state index contributed by atoms with van der Waals surface area (Å²) in [7, 11) is 3.39. The minimum atomic E-state index is 0.702. The Morgan fingerprint density at radius 2 is 2.05 bits per heavy atom. The number of aryl methyl sites for hydroxylation is 1. The Bertz CT molecular complexity index is 364. The van der Waals surface area contributed by atoms with E-state index in [1.807, 2.05) is 19.1 Å². The van der Waals surface area contributed by atoms with Crippen LogP contribution in [0.4, 0.5) is 0 Å². The fraction of sp³-hybridized carbons (Fsp3) is 0.643. The molecule has 0 unspecified atom stereocenters. The lowest BCUT2D eigenvalue weighted by atomic mass is 10.2. The van der Waals surface area contributed by atoms with Gasteiger partial charge in [0.2, 0.25) is 0 Å². The van der Waals surface area contributed by atoms with Crippen molar-refractivity contribution in [3.8, 4) is 5.75 Å². The van der Waals surface area contributed by atoms with Crippen LogP contribution in [0.2, 0.25) is 0 Å². The smallest absolute Gasteiger partial charge is 0.122 e. The number of nitrogens with zero attached hydrogens (tertiary/aromatic N) is 2. The van der Waals surface area contributed by atoms with Crippen molar-refractivity contribution in [3.63, 3.8) is 0 Å². The van der Waals surface area contributed by atoms with E-state index in [-0.39, 0.29) is 0 Å². The average Bonchev–Trinajstić information content (AvgIpc) is 2.41. The van der Waals surface area contributed by atoms with Gasteiger partial charge in [0.05, 0.1) is 19.4 Å². The normalized spacial score (nSPS) is 11.0. The number of rotatable bonds is 9. The summed E-state index contributed by atoms with van der Waals surface area (Å²) in [5, 5.41) is 0. The van der Waals surface area contributed by atoms with Gasteiger partial charge in [-0.3, -0.25) is 9.88 Å². The van der Waals surface area contributed by atoms with Crippen molar-refractivity contribution in [3.05, 3.63) is 23.5 Å². The van der Waals surface area contributed by atoms with Crippen molar-refractivity contribution in [2.24, 2.45) is 5.73 Å². The highest BCUT2D eigenvalue weighted by atomic mass is 16.5. The van der Waals surface area contributed by atoms with Crippen LogP contribution in [0.25, 0.3) is 0 Å². The maximum absolute atomic E-state index is 5.58. The summed E-state index contributed by atoms with van der Waals surface area (Å²) in [5.41, 5.74) is 7.57. The first kappa shape index (κ1) is 15.9. The molecule has 5 heteroatoms. The van der Waals surface area contributed by atoms with E-state index in [9.17, 15) is 0 Å². The van der Waals surface area contributed by atoms with Gasteiger partial charge in [0, 0.05) is 38.0 Å². The molecule has 0 aliphatic rings. The topological polar surface area (TPSA) is 60.6 Å². The molecule has 1 rings (SSSR count). The molecule has 2 N–H and O–H groups in total. The number of hydrogen-bond acceptors (Lipinski definition) is 5. The van der Waals surface area contributed by atoms with Crippen LogP contribution in [0.3, 0.4) is 0 Å². The van der Waals surface area contributed by atoms with Gasteiger partial charge < -0.3 is 15.2 Å². The molecule has 0 bridgehead atoms. The highest BCUT2D eigenvalue weighted by Gasteiger charge is 2.08. The number of ether oxygens (including phenoxy) is 2. The molecule has 1 aromatic rings. The van der Waals surface area contributed by atoms with E-state index < -0.39 is 0 Å². The molecule has 5 nitrogen and oxygen atoms in total. The van der Waals surface area contributed by atoms with Gasteiger partial charge in [0.15, 0.2) is 0 Å². The van der Waals surface area contributed by atoms with Gasteiger partial charge >= 0.3 is 0 Å². The summed E-state index contributed by atoms with van der Waals surface area (Å²) in [5.74, 6) is 0.855. The quantitative estimate of drug-likeness (QED) is 0.728. The predicted molar refractivity (Wildman–Crippen MR) is 76.4 cm³/mol. The lowest BCUT2D eigenvalue weighted by Crippen LogP contribution is -2.29. The molecule has 0 atom stereocenters. The van der Waals surface area contributed by atoms with Crippen LogP contribution in [0, 0.1) is 6.92 Å². The van der Waals surface area contributed by atoms with E-state index in [1.165, 1.54) is 0 Å². The average molecular weight is 267 g/mol.